The van der Waals surface area contributed by atoms with Crippen molar-refractivity contribution in [2.75, 3.05) is 0 Å². The van der Waals surface area contributed by atoms with Gasteiger partial charge in [-0.2, -0.15) is 0 Å². The SMILES string of the molecule is Cc1cc(C)c(CO)c(Oc2ccc(C(C)(C)C)cc2)n1. The molecule has 0 amide bonds. The average molecular weight is 285 g/mol. The Morgan fingerprint density at radius 3 is 2.24 bits per heavy atom. The lowest BCUT2D eigenvalue weighted by atomic mass is 9.87. The van der Waals surface area contributed by atoms with Gasteiger partial charge < -0.3 is 9.84 Å². The van der Waals surface area contributed by atoms with Gasteiger partial charge in [-0.05, 0) is 48.6 Å². The maximum Gasteiger partial charge on any atom is 0.225 e. The molecule has 1 heterocycles. The molecule has 1 N–H and O–H groups in total. The van der Waals surface area contributed by atoms with E-state index in [9.17, 15) is 5.11 Å². The van der Waals surface area contributed by atoms with Gasteiger partial charge in [-0.25, -0.2) is 4.98 Å². The lowest BCUT2D eigenvalue weighted by Gasteiger charge is -2.19. The van der Waals surface area contributed by atoms with E-state index in [0.29, 0.717) is 5.88 Å². The van der Waals surface area contributed by atoms with E-state index in [1.807, 2.05) is 32.0 Å². The summed E-state index contributed by atoms with van der Waals surface area (Å²) in [5.41, 5.74) is 3.98. The zero-order chi connectivity index (χ0) is 15.6. The van der Waals surface area contributed by atoms with Gasteiger partial charge in [0.2, 0.25) is 5.88 Å². The summed E-state index contributed by atoms with van der Waals surface area (Å²) in [4.78, 5) is 4.39. The zero-order valence-electron chi connectivity index (χ0n) is 13.4. The van der Waals surface area contributed by atoms with Gasteiger partial charge in [0, 0.05) is 11.3 Å². The third-order valence-electron chi connectivity index (χ3n) is 3.53. The van der Waals surface area contributed by atoms with Crippen LogP contribution >= 0.6 is 0 Å². The molecule has 0 aliphatic carbocycles. The van der Waals surface area contributed by atoms with Crippen LogP contribution in [0.1, 0.15) is 43.2 Å². The van der Waals surface area contributed by atoms with Crippen molar-refractivity contribution in [2.45, 2.75) is 46.6 Å². The fraction of sp³-hybridized carbons (Fsp3) is 0.389. The van der Waals surface area contributed by atoms with Gasteiger partial charge in [0.05, 0.1) is 6.61 Å². The number of hydrogen-bond acceptors (Lipinski definition) is 3. The number of aromatic nitrogens is 1. The molecule has 0 unspecified atom stereocenters. The van der Waals surface area contributed by atoms with Crippen molar-refractivity contribution in [3.8, 4) is 11.6 Å². The molecule has 0 aliphatic rings. The minimum atomic E-state index is -0.0749. The van der Waals surface area contributed by atoms with E-state index < -0.39 is 0 Å². The minimum absolute atomic E-state index is 0.0749. The number of pyridine rings is 1. The number of benzene rings is 1. The summed E-state index contributed by atoms with van der Waals surface area (Å²) in [6, 6.07) is 9.97. The van der Waals surface area contributed by atoms with E-state index >= 15 is 0 Å². The van der Waals surface area contributed by atoms with Crippen LogP contribution in [-0.2, 0) is 12.0 Å². The van der Waals surface area contributed by atoms with Crippen LogP contribution in [0.2, 0.25) is 0 Å². The maximum atomic E-state index is 9.50. The van der Waals surface area contributed by atoms with Crippen molar-refractivity contribution < 1.29 is 9.84 Å². The molecule has 112 valence electrons. The molecule has 0 aliphatic heterocycles. The van der Waals surface area contributed by atoms with Crippen LogP contribution in [0.5, 0.6) is 11.6 Å². The number of ether oxygens (including phenoxy) is 1. The quantitative estimate of drug-likeness (QED) is 0.915. The Morgan fingerprint density at radius 2 is 1.71 bits per heavy atom. The Balaban J connectivity index is 2.30. The van der Waals surface area contributed by atoms with Crippen LogP contribution in [-0.4, -0.2) is 10.1 Å². The van der Waals surface area contributed by atoms with Crippen molar-refractivity contribution >= 4 is 0 Å². The molecular weight excluding hydrogens is 262 g/mol. The summed E-state index contributed by atoms with van der Waals surface area (Å²) in [6.45, 7) is 10.3. The third-order valence-corrected chi connectivity index (χ3v) is 3.53. The molecule has 0 radical (unpaired) electrons. The molecule has 0 atom stereocenters. The minimum Gasteiger partial charge on any atom is -0.439 e. The highest BCUT2D eigenvalue weighted by atomic mass is 16.5. The molecule has 1 aromatic carbocycles. The van der Waals surface area contributed by atoms with Crippen molar-refractivity contribution in [1.29, 1.82) is 0 Å². The van der Waals surface area contributed by atoms with Gasteiger partial charge in [-0.1, -0.05) is 32.9 Å². The van der Waals surface area contributed by atoms with Gasteiger partial charge >= 0.3 is 0 Å². The smallest absolute Gasteiger partial charge is 0.225 e. The second kappa shape index (κ2) is 5.86. The predicted molar refractivity (Wildman–Crippen MR) is 84.8 cm³/mol. The van der Waals surface area contributed by atoms with E-state index in [4.69, 9.17) is 4.74 Å². The Hall–Kier alpha value is -1.87. The maximum absolute atomic E-state index is 9.50. The van der Waals surface area contributed by atoms with Crippen LogP contribution < -0.4 is 4.74 Å². The summed E-state index contributed by atoms with van der Waals surface area (Å²) in [5.74, 6) is 1.22. The van der Waals surface area contributed by atoms with Gasteiger partial charge in [-0.3, -0.25) is 0 Å². The van der Waals surface area contributed by atoms with E-state index in [0.717, 1.165) is 22.6 Å². The van der Waals surface area contributed by atoms with Crippen LogP contribution in [0.3, 0.4) is 0 Å². The van der Waals surface area contributed by atoms with Crippen LogP contribution in [0.25, 0.3) is 0 Å². The molecule has 2 rings (SSSR count). The van der Waals surface area contributed by atoms with E-state index in [1.165, 1.54) is 5.56 Å². The fourth-order valence-electron chi connectivity index (χ4n) is 2.24. The number of nitrogens with zero attached hydrogens (tertiary/aromatic N) is 1. The monoisotopic (exact) mass is 285 g/mol. The molecule has 0 fully saturated rings. The molecule has 3 nitrogen and oxygen atoms in total. The second-order valence-corrected chi connectivity index (χ2v) is 6.40. The fourth-order valence-corrected chi connectivity index (χ4v) is 2.24. The van der Waals surface area contributed by atoms with Crippen molar-refractivity contribution in [2.24, 2.45) is 0 Å². The van der Waals surface area contributed by atoms with E-state index in [-0.39, 0.29) is 12.0 Å². The lowest BCUT2D eigenvalue weighted by molar-refractivity contribution is 0.274. The summed E-state index contributed by atoms with van der Waals surface area (Å²) >= 11 is 0. The standard InChI is InChI=1S/C18H23NO2/c1-12-10-13(2)19-17(16(12)11-20)21-15-8-6-14(7-9-15)18(3,4)5/h6-10,20H,11H2,1-5H3. The largest absolute Gasteiger partial charge is 0.439 e. The number of aryl methyl sites for hydroxylation is 2. The molecule has 3 heteroatoms. The second-order valence-electron chi connectivity index (χ2n) is 6.40. The highest BCUT2D eigenvalue weighted by Gasteiger charge is 2.14. The number of hydrogen-bond donors (Lipinski definition) is 1. The molecular formula is C18H23NO2. The van der Waals surface area contributed by atoms with Gasteiger partial charge in [-0.15, -0.1) is 0 Å². The molecule has 2 aromatic rings. The summed E-state index contributed by atoms with van der Waals surface area (Å²) in [5, 5.41) is 9.50. The van der Waals surface area contributed by atoms with Gasteiger partial charge in [0.25, 0.3) is 0 Å². The topological polar surface area (TPSA) is 42.4 Å². The predicted octanol–water partition coefficient (Wildman–Crippen LogP) is 4.28. The number of rotatable bonds is 3. The highest BCUT2D eigenvalue weighted by molar-refractivity contribution is 5.39. The Kier molecular flexibility index (Phi) is 4.33. The Bertz CT molecular complexity index is 625. The van der Waals surface area contributed by atoms with Crippen molar-refractivity contribution in [3.05, 3.63) is 52.7 Å². The van der Waals surface area contributed by atoms with Crippen LogP contribution in [0.4, 0.5) is 0 Å². The lowest BCUT2D eigenvalue weighted by Crippen LogP contribution is -2.10. The van der Waals surface area contributed by atoms with Crippen LogP contribution in [0, 0.1) is 13.8 Å². The first-order chi connectivity index (χ1) is 9.81. The normalized spacial score (nSPS) is 11.5. The Morgan fingerprint density at radius 1 is 1.10 bits per heavy atom. The van der Waals surface area contributed by atoms with Gasteiger partial charge in [0.1, 0.15) is 5.75 Å². The summed E-state index contributed by atoms with van der Waals surface area (Å²) in [6.07, 6.45) is 0. The molecule has 0 saturated carbocycles. The first kappa shape index (κ1) is 15.5. The Labute approximate surface area is 126 Å². The average Bonchev–Trinajstić information content (AvgIpc) is 2.38. The van der Waals surface area contributed by atoms with Crippen molar-refractivity contribution in [3.63, 3.8) is 0 Å². The highest BCUT2D eigenvalue weighted by Crippen LogP contribution is 2.29. The first-order valence-electron chi connectivity index (χ1n) is 7.17. The van der Waals surface area contributed by atoms with Gasteiger partial charge in [0.15, 0.2) is 0 Å². The molecule has 1 aromatic heterocycles. The molecule has 21 heavy (non-hydrogen) atoms. The van der Waals surface area contributed by atoms with E-state index in [1.54, 1.807) is 0 Å². The van der Waals surface area contributed by atoms with Crippen molar-refractivity contribution in [1.82, 2.24) is 4.98 Å². The van der Waals surface area contributed by atoms with Crippen LogP contribution in [0.15, 0.2) is 30.3 Å². The molecule has 0 spiro atoms. The molecule has 0 saturated heterocycles. The summed E-state index contributed by atoms with van der Waals surface area (Å²) < 4.78 is 5.86. The number of aliphatic hydroxyl groups excluding tert-OH is 1. The third kappa shape index (κ3) is 3.61. The number of aliphatic hydroxyl groups is 1. The van der Waals surface area contributed by atoms with E-state index in [2.05, 4.69) is 37.9 Å². The summed E-state index contributed by atoms with van der Waals surface area (Å²) in [7, 11) is 0. The zero-order valence-corrected chi connectivity index (χ0v) is 13.4. The molecule has 0 bridgehead atoms. The first-order valence-corrected chi connectivity index (χ1v) is 7.17.